The lowest BCUT2D eigenvalue weighted by Gasteiger charge is -2.18. The van der Waals surface area contributed by atoms with Crippen LogP contribution in [0.5, 0.6) is 0 Å². The monoisotopic (exact) mass is 277 g/mol. The fourth-order valence-corrected chi connectivity index (χ4v) is 2.31. The molecule has 17 heavy (non-hydrogen) atoms. The number of hydrogen-bond acceptors (Lipinski definition) is 5. The topological polar surface area (TPSA) is 47.5 Å². The molecule has 0 aromatic carbocycles. The molecule has 0 saturated carbocycles. The van der Waals surface area contributed by atoms with Gasteiger partial charge in [0, 0.05) is 33.4 Å². The van der Waals surface area contributed by atoms with Crippen LogP contribution in [0, 0.1) is 0 Å². The third-order valence-corrected chi connectivity index (χ3v) is 3.32. The Bertz CT molecular complexity index is 393. The molecule has 0 aliphatic carbocycles. The Morgan fingerprint density at radius 1 is 1.18 bits per heavy atom. The molecule has 94 valence electrons. The first-order valence-electron chi connectivity index (χ1n) is 5.15. The molecule has 2 unspecified atom stereocenters. The Morgan fingerprint density at radius 3 is 2.29 bits per heavy atom. The lowest BCUT2D eigenvalue weighted by molar-refractivity contribution is -0.00461. The van der Waals surface area contributed by atoms with Gasteiger partial charge < -0.3 is 14.4 Å². The largest absolute Gasteiger partial charge is 0.377 e. The Balaban J connectivity index is 2.21. The second-order valence-electron chi connectivity index (χ2n) is 3.80. The highest BCUT2D eigenvalue weighted by molar-refractivity contribution is 6.33. The second-order valence-corrected chi connectivity index (χ2v) is 4.54. The molecule has 1 aromatic heterocycles. The molecular weight excluding hydrogens is 265 g/mol. The van der Waals surface area contributed by atoms with Gasteiger partial charge in [0.1, 0.15) is 12.2 Å². The maximum Gasteiger partial charge on any atom is 0.175 e. The molecule has 1 aliphatic rings. The van der Waals surface area contributed by atoms with Crippen LogP contribution in [0.2, 0.25) is 10.3 Å². The predicted molar refractivity (Wildman–Crippen MR) is 65.9 cm³/mol. The minimum atomic E-state index is 0.0167. The van der Waals surface area contributed by atoms with Crippen molar-refractivity contribution in [2.75, 3.05) is 32.2 Å². The number of hydrogen-bond donors (Lipinski definition) is 0. The van der Waals surface area contributed by atoms with Crippen LogP contribution in [0.1, 0.15) is 0 Å². The highest BCUT2D eigenvalue weighted by Gasteiger charge is 2.34. The number of rotatable bonds is 3. The van der Waals surface area contributed by atoms with Gasteiger partial charge in [-0.3, -0.25) is 0 Å². The van der Waals surface area contributed by atoms with Crippen molar-refractivity contribution in [3.8, 4) is 0 Å². The van der Waals surface area contributed by atoms with E-state index in [-0.39, 0.29) is 12.2 Å². The van der Waals surface area contributed by atoms with Crippen molar-refractivity contribution in [2.24, 2.45) is 0 Å². The molecule has 2 rings (SSSR count). The van der Waals surface area contributed by atoms with Gasteiger partial charge in [-0.15, -0.1) is 10.2 Å². The number of nitrogens with zero attached hydrogens (tertiary/aromatic N) is 3. The summed E-state index contributed by atoms with van der Waals surface area (Å²) < 4.78 is 10.7. The predicted octanol–water partition coefficient (Wildman–Crippen LogP) is 1.63. The zero-order valence-corrected chi connectivity index (χ0v) is 11.1. The summed E-state index contributed by atoms with van der Waals surface area (Å²) in [6, 6.07) is 1.70. The van der Waals surface area contributed by atoms with E-state index in [0.29, 0.717) is 23.4 Å². The van der Waals surface area contributed by atoms with Crippen LogP contribution in [0.25, 0.3) is 0 Å². The van der Waals surface area contributed by atoms with Crippen LogP contribution in [0.15, 0.2) is 6.07 Å². The van der Waals surface area contributed by atoms with E-state index in [1.54, 1.807) is 20.3 Å². The van der Waals surface area contributed by atoms with E-state index in [4.69, 9.17) is 32.7 Å². The SMILES string of the molecule is COC1CN(c2cc(Cl)nnc2Cl)CC1OC. The number of halogens is 2. The average Bonchev–Trinajstić information content (AvgIpc) is 2.75. The van der Waals surface area contributed by atoms with Gasteiger partial charge in [0.25, 0.3) is 0 Å². The van der Waals surface area contributed by atoms with E-state index in [9.17, 15) is 0 Å². The summed E-state index contributed by atoms with van der Waals surface area (Å²) in [7, 11) is 3.33. The van der Waals surface area contributed by atoms with Gasteiger partial charge in [0.05, 0.1) is 5.69 Å². The van der Waals surface area contributed by atoms with Crippen molar-refractivity contribution in [3.63, 3.8) is 0 Å². The van der Waals surface area contributed by atoms with Crippen molar-refractivity contribution in [1.29, 1.82) is 0 Å². The van der Waals surface area contributed by atoms with E-state index < -0.39 is 0 Å². The molecule has 1 aliphatic heterocycles. The minimum Gasteiger partial charge on any atom is -0.377 e. The van der Waals surface area contributed by atoms with Gasteiger partial charge in [-0.25, -0.2) is 0 Å². The molecule has 0 bridgehead atoms. The van der Waals surface area contributed by atoms with Gasteiger partial charge >= 0.3 is 0 Å². The third-order valence-electron chi connectivity index (χ3n) is 2.86. The summed E-state index contributed by atoms with van der Waals surface area (Å²) in [6.07, 6.45) is 0.0333. The molecule has 0 spiro atoms. The second kappa shape index (κ2) is 5.35. The maximum absolute atomic E-state index is 6.00. The number of ether oxygens (including phenoxy) is 2. The average molecular weight is 278 g/mol. The highest BCUT2D eigenvalue weighted by Crippen LogP contribution is 2.29. The number of methoxy groups -OCH3 is 2. The fraction of sp³-hybridized carbons (Fsp3) is 0.600. The summed E-state index contributed by atoms with van der Waals surface area (Å²) in [5.74, 6) is 0. The standard InChI is InChI=1S/C10H13Cl2N3O2/c1-16-7-4-15(5-8(7)17-2)6-3-9(11)13-14-10(6)12/h3,7-8H,4-5H2,1-2H3. The first kappa shape index (κ1) is 12.8. The lowest BCUT2D eigenvalue weighted by atomic mass is 10.3. The van der Waals surface area contributed by atoms with Crippen LogP contribution in [0.4, 0.5) is 5.69 Å². The summed E-state index contributed by atoms with van der Waals surface area (Å²) >= 11 is 11.8. The fourth-order valence-electron chi connectivity index (χ4n) is 1.96. The summed E-state index contributed by atoms with van der Waals surface area (Å²) in [5, 5.41) is 8.12. The number of aromatic nitrogens is 2. The quantitative estimate of drug-likeness (QED) is 0.841. The van der Waals surface area contributed by atoms with E-state index in [0.717, 1.165) is 5.69 Å². The zero-order valence-electron chi connectivity index (χ0n) is 9.56. The third kappa shape index (κ3) is 2.63. The first-order chi connectivity index (χ1) is 8.15. The van der Waals surface area contributed by atoms with Gasteiger partial charge in [-0.05, 0) is 0 Å². The highest BCUT2D eigenvalue weighted by atomic mass is 35.5. The van der Waals surface area contributed by atoms with E-state index in [2.05, 4.69) is 10.2 Å². The van der Waals surface area contributed by atoms with Crippen molar-refractivity contribution in [3.05, 3.63) is 16.4 Å². The van der Waals surface area contributed by atoms with Gasteiger partial charge in [0.15, 0.2) is 10.3 Å². The van der Waals surface area contributed by atoms with Crippen LogP contribution in [-0.2, 0) is 9.47 Å². The summed E-state index contributed by atoms with van der Waals surface area (Å²) in [6.45, 7) is 1.38. The summed E-state index contributed by atoms with van der Waals surface area (Å²) in [5.41, 5.74) is 0.758. The van der Waals surface area contributed by atoms with Gasteiger partial charge in [-0.1, -0.05) is 23.2 Å². The molecule has 2 heterocycles. The molecule has 1 saturated heterocycles. The van der Waals surface area contributed by atoms with Crippen molar-refractivity contribution in [2.45, 2.75) is 12.2 Å². The van der Waals surface area contributed by atoms with Crippen molar-refractivity contribution in [1.82, 2.24) is 10.2 Å². The zero-order chi connectivity index (χ0) is 12.4. The van der Waals surface area contributed by atoms with Crippen LogP contribution in [0.3, 0.4) is 0 Å². The smallest absolute Gasteiger partial charge is 0.175 e. The van der Waals surface area contributed by atoms with Crippen LogP contribution >= 0.6 is 23.2 Å². The van der Waals surface area contributed by atoms with E-state index in [1.165, 1.54) is 0 Å². The van der Waals surface area contributed by atoms with E-state index >= 15 is 0 Å². The maximum atomic E-state index is 6.00. The Kier molecular flexibility index (Phi) is 4.04. The van der Waals surface area contributed by atoms with E-state index in [1.807, 2.05) is 4.90 Å². The number of anilines is 1. The van der Waals surface area contributed by atoms with Gasteiger partial charge in [-0.2, -0.15) is 0 Å². The molecule has 7 heteroatoms. The summed E-state index contributed by atoms with van der Waals surface area (Å²) in [4.78, 5) is 2.03. The molecule has 5 nitrogen and oxygen atoms in total. The molecule has 0 N–H and O–H groups in total. The Labute approximate surface area is 110 Å². The molecule has 2 atom stereocenters. The van der Waals surface area contributed by atoms with Crippen molar-refractivity contribution < 1.29 is 9.47 Å². The lowest BCUT2D eigenvalue weighted by Crippen LogP contribution is -2.27. The normalized spacial score (nSPS) is 24.4. The molecule has 1 aromatic rings. The van der Waals surface area contributed by atoms with Gasteiger partial charge in [0.2, 0.25) is 0 Å². The molecule has 0 radical (unpaired) electrons. The minimum absolute atomic E-state index is 0.0167. The Hall–Kier alpha value is -0.620. The van der Waals surface area contributed by atoms with Crippen LogP contribution < -0.4 is 4.90 Å². The molecular formula is C10H13Cl2N3O2. The molecule has 1 fully saturated rings. The van der Waals surface area contributed by atoms with Crippen molar-refractivity contribution >= 4 is 28.9 Å². The first-order valence-corrected chi connectivity index (χ1v) is 5.90. The Morgan fingerprint density at radius 2 is 1.76 bits per heavy atom. The molecule has 0 amide bonds. The van der Waals surface area contributed by atoms with Crippen LogP contribution in [-0.4, -0.2) is 49.7 Å².